The van der Waals surface area contributed by atoms with Crippen LogP contribution >= 0.6 is 0 Å². The SMILES string of the molecule is N#Cc1cnc(C(N)=O)c(-c2ccc(F)c(C3(C(F)F)N=C(N)CCC3(F)F)c2)c1. The fourth-order valence-electron chi connectivity index (χ4n) is 3.35. The maximum Gasteiger partial charge on any atom is 0.283 e. The second-order valence-corrected chi connectivity index (χ2v) is 6.67. The van der Waals surface area contributed by atoms with E-state index in [9.17, 15) is 26.7 Å². The lowest BCUT2D eigenvalue weighted by atomic mass is 9.78. The minimum Gasteiger partial charge on any atom is -0.387 e. The van der Waals surface area contributed by atoms with Crippen molar-refractivity contribution in [3.63, 3.8) is 0 Å². The molecule has 0 fully saturated rings. The van der Waals surface area contributed by atoms with Gasteiger partial charge < -0.3 is 11.5 Å². The molecule has 1 atom stereocenters. The molecule has 2 heterocycles. The van der Waals surface area contributed by atoms with Gasteiger partial charge >= 0.3 is 0 Å². The summed E-state index contributed by atoms with van der Waals surface area (Å²) in [5, 5.41) is 9.06. The standard InChI is InChI=1S/C19H14F5N5O/c20-13-2-1-10(11-5-9(7-25)8-28-15(11)16(27)30)6-12(13)19(17(21)22)18(23,24)4-3-14(26)29-19/h1-2,5-6,8,17H,3-4H2,(H2,26,29)(H2,27,30). The summed E-state index contributed by atoms with van der Waals surface area (Å²) in [7, 11) is 0. The minimum atomic E-state index is -4.11. The average Bonchev–Trinajstić information content (AvgIpc) is 2.69. The van der Waals surface area contributed by atoms with E-state index in [4.69, 9.17) is 16.7 Å². The first-order chi connectivity index (χ1) is 14.0. The van der Waals surface area contributed by atoms with Gasteiger partial charge in [0.15, 0.2) is 0 Å². The monoisotopic (exact) mass is 423 g/mol. The number of nitriles is 1. The Morgan fingerprint density at radius 1 is 1.27 bits per heavy atom. The average molecular weight is 423 g/mol. The Bertz CT molecular complexity index is 1100. The Kier molecular flexibility index (Phi) is 5.20. The number of carbonyl (C=O) groups is 1. The molecule has 6 nitrogen and oxygen atoms in total. The molecule has 30 heavy (non-hydrogen) atoms. The summed E-state index contributed by atoms with van der Waals surface area (Å²) in [5.41, 5.74) is 5.46. The Morgan fingerprint density at radius 2 is 1.97 bits per heavy atom. The second kappa shape index (κ2) is 7.37. The number of rotatable bonds is 4. The van der Waals surface area contributed by atoms with Crippen LogP contribution in [0.1, 0.15) is 34.5 Å². The molecule has 1 amide bonds. The number of alkyl halides is 4. The van der Waals surface area contributed by atoms with E-state index in [1.54, 1.807) is 6.07 Å². The maximum atomic E-state index is 14.7. The Hall–Kier alpha value is -3.55. The predicted octanol–water partition coefficient (Wildman–Crippen LogP) is 3.10. The molecule has 0 radical (unpaired) electrons. The van der Waals surface area contributed by atoms with E-state index >= 15 is 0 Å². The van der Waals surface area contributed by atoms with Gasteiger partial charge in [-0.15, -0.1) is 0 Å². The highest BCUT2D eigenvalue weighted by atomic mass is 19.3. The number of aliphatic imine (C=N–C) groups is 1. The summed E-state index contributed by atoms with van der Waals surface area (Å²) in [6, 6.07) is 5.41. The van der Waals surface area contributed by atoms with Crippen LogP contribution in [0, 0.1) is 17.1 Å². The highest BCUT2D eigenvalue weighted by Crippen LogP contribution is 2.51. The second-order valence-electron chi connectivity index (χ2n) is 6.67. The number of benzene rings is 1. The Labute approximate surface area is 167 Å². The van der Waals surface area contributed by atoms with Crippen molar-refractivity contribution in [1.82, 2.24) is 4.98 Å². The summed E-state index contributed by atoms with van der Waals surface area (Å²) in [6.45, 7) is 0. The van der Waals surface area contributed by atoms with Crippen LogP contribution in [0.2, 0.25) is 0 Å². The van der Waals surface area contributed by atoms with Crippen LogP contribution in [0.5, 0.6) is 0 Å². The molecular weight excluding hydrogens is 409 g/mol. The number of amides is 1. The molecule has 156 valence electrons. The van der Waals surface area contributed by atoms with Crippen LogP contribution < -0.4 is 11.5 Å². The van der Waals surface area contributed by atoms with E-state index in [0.29, 0.717) is 6.07 Å². The largest absolute Gasteiger partial charge is 0.387 e. The number of primary amides is 1. The highest BCUT2D eigenvalue weighted by Gasteiger charge is 2.63. The normalized spacial score (nSPS) is 20.5. The van der Waals surface area contributed by atoms with E-state index in [1.807, 2.05) is 0 Å². The number of carbonyl (C=O) groups excluding carboxylic acids is 1. The summed E-state index contributed by atoms with van der Waals surface area (Å²) in [4.78, 5) is 18.8. The number of hydrogen-bond donors (Lipinski definition) is 2. The molecule has 0 aliphatic carbocycles. The maximum absolute atomic E-state index is 14.7. The van der Waals surface area contributed by atoms with Crippen LogP contribution in [0.15, 0.2) is 35.5 Å². The number of amidine groups is 1. The lowest BCUT2D eigenvalue weighted by Crippen LogP contribution is -2.54. The number of pyridine rings is 1. The molecular formula is C19H14F5N5O. The molecule has 2 aromatic rings. The molecule has 4 N–H and O–H groups in total. The van der Waals surface area contributed by atoms with E-state index in [1.165, 1.54) is 0 Å². The molecule has 3 rings (SSSR count). The van der Waals surface area contributed by atoms with Gasteiger partial charge in [-0.3, -0.25) is 4.79 Å². The van der Waals surface area contributed by atoms with Crippen molar-refractivity contribution in [2.45, 2.75) is 30.7 Å². The van der Waals surface area contributed by atoms with Gasteiger partial charge in [0.25, 0.3) is 18.3 Å². The van der Waals surface area contributed by atoms with E-state index in [2.05, 4.69) is 9.98 Å². The first-order valence-electron chi connectivity index (χ1n) is 8.54. The van der Waals surface area contributed by atoms with Crippen molar-refractivity contribution in [2.24, 2.45) is 16.5 Å². The molecule has 0 spiro atoms. The van der Waals surface area contributed by atoms with Gasteiger partial charge in [0, 0.05) is 30.2 Å². The van der Waals surface area contributed by atoms with Crippen LogP contribution in [0.25, 0.3) is 11.1 Å². The summed E-state index contributed by atoms with van der Waals surface area (Å²) >= 11 is 0. The summed E-state index contributed by atoms with van der Waals surface area (Å²) in [6.07, 6.45) is -4.22. The van der Waals surface area contributed by atoms with E-state index in [-0.39, 0.29) is 22.4 Å². The number of nitrogens with zero attached hydrogens (tertiary/aromatic N) is 3. The van der Waals surface area contributed by atoms with Gasteiger partial charge in [0.1, 0.15) is 17.6 Å². The molecule has 1 aromatic carbocycles. The van der Waals surface area contributed by atoms with Crippen LogP contribution in [-0.4, -0.2) is 29.1 Å². The molecule has 0 saturated carbocycles. The zero-order chi connectivity index (χ0) is 22.3. The summed E-state index contributed by atoms with van der Waals surface area (Å²) in [5.74, 6) is -6.95. The topological polar surface area (TPSA) is 118 Å². The third-order valence-electron chi connectivity index (χ3n) is 4.83. The predicted molar refractivity (Wildman–Crippen MR) is 96.3 cm³/mol. The third-order valence-corrected chi connectivity index (χ3v) is 4.83. The van der Waals surface area contributed by atoms with Crippen molar-refractivity contribution in [3.8, 4) is 17.2 Å². The van der Waals surface area contributed by atoms with Crippen molar-refractivity contribution in [3.05, 3.63) is 53.1 Å². The molecule has 1 unspecified atom stereocenters. The highest BCUT2D eigenvalue weighted by molar-refractivity contribution is 5.98. The molecule has 1 aliphatic heterocycles. The first-order valence-corrected chi connectivity index (χ1v) is 8.54. The third kappa shape index (κ3) is 3.24. The molecule has 11 heteroatoms. The Morgan fingerprint density at radius 3 is 2.57 bits per heavy atom. The lowest BCUT2D eigenvalue weighted by molar-refractivity contribution is -0.145. The van der Waals surface area contributed by atoms with Crippen molar-refractivity contribution in [1.29, 1.82) is 5.26 Å². The van der Waals surface area contributed by atoms with E-state index in [0.717, 1.165) is 24.4 Å². The van der Waals surface area contributed by atoms with Gasteiger partial charge in [0.2, 0.25) is 5.54 Å². The zero-order valence-corrected chi connectivity index (χ0v) is 15.2. The fourth-order valence-corrected chi connectivity index (χ4v) is 3.35. The van der Waals surface area contributed by atoms with Gasteiger partial charge in [-0.25, -0.2) is 31.9 Å². The van der Waals surface area contributed by atoms with Gasteiger partial charge in [-0.05, 0) is 23.8 Å². The van der Waals surface area contributed by atoms with E-state index < -0.39 is 53.9 Å². The van der Waals surface area contributed by atoms with Crippen LogP contribution in [0.4, 0.5) is 22.0 Å². The van der Waals surface area contributed by atoms with Gasteiger partial charge in [-0.2, -0.15) is 5.26 Å². The summed E-state index contributed by atoms with van der Waals surface area (Å²) < 4.78 is 72.1. The zero-order valence-electron chi connectivity index (χ0n) is 15.2. The van der Waals surface area contributed by atoms with Gasteiger partial charge in [0.05, 0.1) is 11.4 Å². The smallest absolute Gasteiger partial charge is 0.283 e. The van der Waals surface area contributed by atoms with Crippen molar-refractivity contribution < 1.29 is 26.7 Å². The molecule has 0 bridgehead atoms. The minimum absolute atomic E-state index is 0.0188. The van der Waals surface area contributed by atoms with Crippen molar-refractivity contribution >= 4 is 11.7 Å². The molecule has 1 aromatic heterocycles. The number of hydrogen-bond acceptors (Lipinski definition) is 5. The lowest BCUT2D eigenvalue weighted by Gasteiger charge is -2.40. The number of halogens is 5. The molecule has 1 aliphatic rings. The number of nitrogens with two attached hydrogens (primary N) is 2. The Balaban J connectivity index is 2.33. The van der Waals surface area contributed by atoms with Crippen LogP contribution in [-0.2, 0) is 5.54 Å². The van der Waals surface area contributed by atoms with Crippen molar-refractivity contribution in [2.75, 3.05) is 0 Å². The van der Waals surface area contributed by atoms with Crippen LogP contribution in [0.3, 0.4) is 0 Å². The fraction of sp³-hybridized carbons (Fsp3) is 0.263. The molecule has 0 saturated heterocycles. The van der Waals surface area contributed by atoms with Gasteiger partial charge in [-0.1, -0.05) is 6.07 Å². The quantitative estimate of drug-likeness (QED) is 0.735. The first kappa shape index (κ1) is 21.2. The number of aromatic nitrogens is 1.